The zero-order chi connectivity index (χ0) is 9.90. The highest BCUT2D eigenvalue weighted by molar-refractivity contribution is 7.91. The second kappa shape index (κ2) is 4.39. The normalized spacial score (nSPS) is 32.2. The van der Waals surface area contributed by atoms with E-state index >= 15 is 0 Å². The first-order chi connectivity index (χ1) is 6.05. The van der Waals surface area contributed by atoms with Gasteiger partial charge >= 0.3 is 0 Å². The van der Waals surface area contributed by atoms with Gasteiger partial charge in [0.2, 0.25) is 0 Å². The molecule has 0 bridgehead atoms. The van der Waals surface area contributed by atoms with Gasteiger partial charge in [-0.25, -0.2) is 8.42 Å². The number of aliphatic hydroxyl groups excluding tert-OH is 1. The molecular formula is C8H18NO3S+. The predicted molar refractivity (Wildman–Crippen MR) is 50.1 cm³/mol. The highest BCUT2D eigenvalue weighted by Gasteiger charge is 2.38. The summed E-state index contributed by atoms with van der Waals surface area (Å²) in [6, 6.07) is -0.128. The van der Waals surface area contributed by atoms with Crippen LogP contribution in [0.4, 0.5) is 0 Å². The molecule has 0 aromatic rings. The average Bonchev–Trinajstić information content (AvgIpc) is 2.25. The number of rotatable bonds is 4. The standard InChI is InChI=1S/C8H17NO3S/c1-2-3-4-9-7-5-13(11,12)6-8(7)10/h7-10H,2-6H2,1H3/p+1/t7-,8-/m1/s1. The van der Waals surface area contributed by atoms with Gasteiger partial charge in [0.15, 0.2) is 9.84 Å². The van der Waals surface area contributed by atoms with Crippen LogP contribution in [0.2, 0.25) is 0 Å². The summed E-state index contributed by atoms with van der Waals surface area (Å²) >= 11 is 0. The van der Waals surface area contributed by atoms with Crippen molar-refractivity contribution in [3.63, 3.8) is 0 Å². The number of aliphatic hydroxyl groups is 1. The molecule has 0 unspecified atom stereocenters. The van der Waals surface area contributed by atoms with Gasteiger partial charge in [-0.05, 0) is 6.42 Å². The lowest BCUT2D eigenvalue weighted by atomic mass is 10.2. The lowest BCUT2D eigenvalue weighted by Crippen LogP contribution is -2.92. The third kappa shape index (κ3) is 3.25. The molecule has 0 amide bonds. The van der Waals surface area contributed by atoms with E-state index in [1.807, 2.05) is 5.32 Å². The molecule has 1 fully saturated rings. The van der Waals surface area contributed by atoms with Gasteiger partial charge in [-0.2, -0.15) is 0 Å². The molecule has 2 atom stereocenters. The second-order valence-corrected chi connectivity index (χ2v) is 5.84. The Bertz CT molecular complexity index is 250. The van der Waals surface area contributed by atoms with E-state index < -0.39 is 15.9 Å². The molecule has 4 nitrogen and oxygen atoms in total. The SMILES string of the molecule is CCCC[NH2+][C@@H]1CS(=O)(=O)C[C@H]1O. The van der Waals surface area contributed by atoms with Gasteiger partial charge in [-0.3, -0.25) is 0 Å². The summed E-state index contributed by atoms with van der Waals surface area (Å²) in [5.74, 6) is 0.0815. The molecule has 78 valence electrons. The van der Waals surface area contributed by atoms with Crippen molar-refractivity contribution < 1.29 is 18.8 Å². The van der Waals surface area contributed by atoms with Gasteiger partial charge in [0.05, 0.1) is 12.3 Å². The summed E-state index contributed by atoms with van der Waals surface area (Å²) in [6.07, 6.45) is 1.51. The highest BCUT2D eigenvalue weighted by Crippen LogP contribution is 2.08. The summed E-state index contributed by atoms with van der Waals surface area (Å²) in [6.45, 7) is 3.00. The van der Waals surface area contributed by atoms with Crippen molar-refractivity contribution in [1.29, 1.82) is 0 Å². The molecule has 0 aliphatic carbocycles. The molecule has 13 heavy (non-hydrogen) atoms. The molecule has 1 aliphatic rings. The van der Waals surface area contributed by atoms with E-state index in [4.69, 9.17) is 0 Å². The number of hydrogen-bond donors (Lipinski definition) is 2. The number of sulfone groups is 1. The van der Waals surface area contributed by atoms with E-state index in [9.17, 15) is 13.5 Å². The third-order valence-electron chi connectivity index (χ3n) is 2.39. The largest absolute Gasteiger partial charge is 0.386 e. The Morgan fingerprint density at radius 1 is 1.46 bits per heavy atom. The predicted octanol–water partition coefficient (Wildman–Crippen LogP) is -1.49. The van der Waals surface area contributed by atoms with Gasteiger partial charge in [-0.15, -0.1) is 0 Å². The summed E-state index contributed by atoms with van der Waals surface area (Å²) in [4.78, 5) is 0. The van der Waals surface area contributed by atoms with Crippen LogP contribution in [0.3, 0.4) is 0 Å². The van der Waals surface area contributed by atoms with E-state index in [0.29, 0.717) is 0 Å². The lowest BCUT2D eigenvalue weighted by Gasteiger charge is -2.10. The fraction of sp³-hybridized carbons (Fsp3) is 1.00. The molecule has 0 radical (unpaired) electrons. The number of nitrogens with two attached hydrogens (primary N) is 1. The minimum atomic E-state index is -2.96. The van der Waals surface area contributed by atoms with Crippen LogP contribution in [0.5, 0.6) is 0 Å². The maximum Gasteiger partial charge on any atom is 0.159 e. The zero-order valence-corrected chi connectivity index (χ0v) is 8.76. The van der Waals surface area contributed by atoms with E-state index in [2.05, 4.69) is 6.92 Å². The zero-order valence-electron chi connectivity index (χ0n) is 7.94. The monoisotopic (exact) mass is 208 g/mol. The van der Waals surface area contributed by atoms with Crippen molar-refractivity contribution in [2.45, 2.75) is 31.9 Å². The van der Waals surface area contributed by atoms with Crippen LogP contribution in [0, 0.1) is 0 Å². The van der Waals surface area contributed by atoms with Gasteiger partial charge in [0, 0.05) is 0 Å². The van der Waals surface area contributed by atoms with Gasteiger partial charge < -0.3 is 10.4 Å². The maximum absolute atomic E-state index is 11.1. The molecule has 3 N–H and O–H groups in total. The fourth-order valence-corrected chi connectivity index (χ4v) is 3.47. The van der Waals surface area contributed by atoms with Crippen LogP contribution >= 0.6 is 0 Å². The van der Waals surface area contributed by atoms with Crippen molar-refractivity contribution >= 4 is 9.84 Å². The first-order valence-electron chi connectivity index (χ1n) is 4.77. The van der Waals surface area contributed by atoms with Crippen molar-refractivity contribution in [2.24, 2.45) is 0 Å². The molecule has 1 saturated heterocycles. The molecule has 1 rings (SSSR count). The Labute approximate surface area is 79.3 Å². The molecule has 1 heterocycles. The molecule has 5 heteroatoms. The first kappa shape index (κ1) is 10.9. The van der Waals surface area contributed by atoms with Crippen LogP contribution in [0.25, 0.3) is 0 Å². The molecular weight excluding hydrogens is 190 g/mol. The highest BCUT2D eigenvalue weighted by atomic mass is 32.2. The summed E-state index contributed by atoms with van der Waals surface area (Å²) < 4.78 is 22.2. The summed E-state index contributed by atoms with van der Waals surface area (Å²) in [5, 5.41) is 11.4. The van der Waals surface area contributed by atoms with E-state index in [1.54, 1.807) is 0 Å². The van der Waals surface area contributed by atoms with Crippen LogP contribution in [0.15, 0.2) is 0 Å². The number of quaternary nitrogens is 1. The second-order valence-electron chi connectivity index (χ2n) is 3.69. The minimum Gasteiger partial charge on any atom is -0.386 e. The Kier molecular flexibility index (Phi) is 3.70. The van der Waals surface area contributed by atoms with Gasteiger partial charge in [0.25, 0.3) is 0 Å². The van der Waals surface area contributed by atoms with Crippen molar-refractivity contribution in [3.8, 4) is 0 Å². The average molecular weight is 208 g/mol. The summed E-state index contributed by atoms with van der Waals surface area (Å²) in [7, 11) is -2.96. The Morgan fingerprint density at radius 2 is 2.15 bits per heavy atom. The molecule has 0 saturated carbocycles. The van der Waals surface area contributed by atoms with E-state index in [1.165, 1.54) is 0 Å². The van der Waals surface area contributed by atoms with Crippen LogP contribution < -0.4 is 5.32 Å². The maximum atomic E-state index is 11.1. The van der Waals surface area contributed by atoms with Crippen LogP contribution in [0.1, 0.15) is 19.8 Å². The quantitative estimate of drug-likeness (QED) is 0.553. The van der Waals surface area contributed by atoms with Crippen molar-refractivity contribution in [1.82, 2.24) is 0 Å². The minimum absolute atomic E-state index is 0.0553. The lowest BCUT2D eigenvalue weighted by molar-refractivity contribution is -0.690. The first-order valence-corrected chi connectivity index (χ1v) is 6.59. The topological polar surface area (TPSA) is 71.0 Å². The Morgan fingerprint density at radius 3 is 2.62 bits per heavy atom. The van der Waals surface area contributed by atoms with Crippen LogP contribution in [-0.4, -0.2) is 43.7 Å². The van der Waals surface area contributed by atoms with Crippen LogP contribution in [-0.2, 0) is 9.84 Å². The van der Waals surface area contributed by atoms with E-state index in [-0.39, 0.29) is 17.5 Å². The smallest absolute Gasteiger partial charge is 0.159 e. The van der Waals surface area contributed by atoms with Gasteiger partial charge in [0.1, 0.15) is 17.9 Å². The summed E-state index contributed by atoms with van der Waals surface area (Å²) in [5.41, 5.74) is 0. The third-order valence-corrected chi connectivity index (χ3v) is 4.13. The van der Waals surface area contributed by atoms with Gasteiger partial charge in [-0.1, -0.05) is 13.3 Å². The number of unbranched alkanes of at least 4 members (excludes halogenated alkanes) is 1. The van der Waals surface area contributed by atoms with Crippen molar-refractivity contribution in [2.75, 3.05) is 18.1 Å². The Balaban J connectivity index is 2.36. The molecule has 0 spiro atoms. The Hall–Kier alpha value is -0.130. The fourth-order valence-electron chi connectivity index (χ4n) is 1.62. The number of hydrogen-bond acceptors (Lipinski definition) is 3. The molecule has 0 aromatic heterocycles. The van der Waals surface area contributed by atoms with Crippen molar-refractivity contribution in [3.05, 3.63) is 0 Å². The molecule has 0 aromatic carbocycles. The molecule has 1 aliphatic heterocycles. The van der Waals surface area contributed by atoms with E-state index in [0.717, 1.165) is 19.4 Å².